The predicted octanol–water partition coefficient (Wildman–Crippen LogP) is 2.33. The maximum Gasteiger partial charge on any atom is 0.136 e. The van der Waals surface area contributed by atoms with Crippen LogP contribution in [-0.2, 0) is 0 Å². The van der Waals surface area contributed by atoms with E-state index >= 15 is 0 Å². The number of nitrogens with zero attached hydrogens (tertiary/aromatic N) is 2. The van der Waals surface area contributed by atoms with Gasteiger partial charge in [-0.2, -0.15) is 0 Å². The van der Waals surface area contributed by atoms with E-state index < -0.39 is 0 Å². The average molecular weight is 297 g/mol. The lowest BCUT2D eigenvalue weighted by Crippen LogP contribution is -1.93. The molecule has 0 spiro atoms. The monoisotopic (exact) mass is 297 g/mol. The van der Waals surface area contributed by atoms with E-state index in [-0.39, 0.29) is 0 Å². The molecule has 0 amide bonds. The molecule has 0 aliphatic carbocycles. The lowest BCUT2D eigenvalue weighted by Gasteiger charge is -2.02. The Morgan fingerprint density at radius 1 is 1.14 bits per heavy atom. The molecule has 2 N–H and O–H groups in total. The third kappa shape index (κ3) is 1.84. The number of nitrogen functional groups attached to an aromatic ring is 1. The summed E-state index contributed by atoms with van der Waals surface area (Å²) >= 11 is 2.17. The molecule has 0 aliphatic heterocycles. The Labute approximate surface area is 95.5 Å². The first-order valence-electron chi connectivity index (χ1n) is 4.09. The number of nitrogens with two attached hydrogens (primary N) is 1. The Bertz CT molecular complexity index is 442. The Hall–Kier alpha value is -1.17. The van der Waals surface area contributed by atoms with E-state index in [0.717, 1.165) is 14.7 Å². The molecule has 14 heavy (non-hydrogen) atoms. The molecule has 0 unspecified atom stereocenters. The molecule has 0 bridgehead atoms. The van der Waals surface area contributed by atoms with E-state index in [1.807, 2.05) is 18.2 Å². The molecule has 2 aromatic heterocycles. The van der Waals surface area contributed by atoms with Crippen LogP contribution in [0.3, 0.4) is 0 Å². The molecule has 0 aliphatic rings. The van der Waals surface area contributed by atoms with E-state index in [1.54, 1.807) is 18.6 Å². The molecule has 3 nitrogen and oxygen atoms in total. The van der Waals surface area contributed by atoms with Gasteiger partial charge in [-0.1, -0.05) is 0 Å². The van der Waals surface area contributed by atoms with E-state index in [9.17, 15) is 0 Å². The fourth-order valence-electron chi connectivity index (χ4n) is 1.15. The number of hydrogen-bond donors (Lipinski definition) is 1. The highest BCUT2D eigenvalue weighted by Crippen LogP contribution is 2.21. The van der Waals surface area contributed by atoms with Gasteiger partial charge >= 0.3 is 0 Å². The zero-order chi connectivity index (χ0) is 9.97. The fraction of sp³-hybridized carbons (Fsp3) is 0. The van der Waals surface area contributed by atoms with Crippen LogP contribution < -0.4 is 5.73 Å². The van der Waals surface area contributed by atoms with Crippen molar-refractivity contribution in [3.05, 3.63) is 40.4 Å². The van der Waals surface area contributed by atoms with Crippen molar-refractivity contribution in [3.8, 4) is 11.1 Å². The molecule has 0 aromatic carbocycles. The first-order chi connectivity index (χ1) is 6.77. The molecule has 0 saturated carbocycles. The second-order valence-electron chi connectivity index (χ2n) is 2.83. The van der Waals surface area contributed by atoms with Crippen LogP contribution in [0.4, 0.5) is 5.82 Å². The lowest BCUT2D eigenvalue weighted by molar-refractivity contribution is 1.30. The maximum absolute atomic E-state index is 5.64. The summed E-state index contributed by atoms with van der Waals surface area (Å²) in [6.45, 7) is 0. The van der Waals surface area contributed by atoms with E-state index in [2.05, 4.69) is 32.6 Å². The summed E-state index contributed by atoms with van der Waals surface area (Å²) < 4.78 is 0.969. The number of hydrogen-bond acceptors (Lipinski definition) is 3. The summed E-state index contributed by atoms with van der Waals surface area (Å²) in [5.41, 5.74) is 7.80. The molecule has 2 heterocycles. The van der Waals surface area contributed by atoms with Crippen LogP contribution >= 0.6 is 22.6 Å². The van der Waals surface area contributed by atoms with Gasteiger partial charge in [-0.05, 0) is 46.4 Å². The molecule has 0 fully saturated rings. The third-order valence-corrected chi connectivity index (χ3v) is 2.75. The molecule has 2 rings (SSSR count). The highest BCUT2D eigenvalue weighted by molar-refractivity contribution is 14.1. The van der Waals surface area contributed by atoms with Crippen LogP contribution in [0, 0.1) is 3.57 Å². The Morgan fingerprint density at radius 3 is 2.50 bits per heavy atom. The SMILES string of the molecule is Nc1ncc(-c2ccncc2)cc1I. The normalized spacial score (nSPS) is 10.1. The second kappa shape index (κ2) is 3.91. The fourth-order valence-corrected chi connectivity index (χ4v) is 1.63. The minimum Gasteiger partial charge on any atom is -0.383 e. The first-order valence-corrected chi connectivity index (χ1v) is 5.16. The van der Waals surface area contributed by atoms with Crippen LogP contribution in [0.2, 0.25) is 0 Å². The van der Waals surface area contributed by atoms with Crippen molar-refractivity contribution in [2.75, 3.05) is 5.73 Å². The number of anilines is 1. The molecule has 70 valence electrons. The molecule has 4 heteroatoms. The number of halogens is 1. The highest BCUT2D eigenvalue weighted by Gasteiger charge is 2.01. The summed E-state index contributed by atoms with van der Waals surface area (Å²) in [5, 5.41) is 0. The second-order valence-corrected chi connectivity index (χ2v) is 3.99. The van der Waals surface area contributed by atoms with Crippen LogP contribution in [0.25, 0.3) is 11.1 Å². The lowest BCUT2D eigenvalue weighted by atomic mass is 10.1. The molecular weight excluding hydrogens is 289 g/mol. The van der Waals surface area contributed by atoms with Gasteiger partial charge in [0.25, 0.3) is 0 Å². The van der Waals surface area contributed by atoms with Crippen molar-refractivity contribution in [2.24, 2.45) is 0 Å². The van der Waals surface area contributed by atoms with Gasteiger partial charge in [0.05, 0.1) is 3.57 Å². The average Bonchev–Trinajstić information content (AvgIpc) is 2.23. The third-order valence-electron chi connectivity index (χ3n) is 1.88. The largest absolute Gasteiger partial charge is 0.383 e. The molecule has 0 saturated heterocycles. The summed E-state index contributed by atoms with van der Waals surface area (Å²) in [5.74, 6) is 0.573. The smallest absolute Gasteiger partial charge is 0.136 e. The van der Waals surface area contributed by atoms with E-state index in [0.29, 0.717) is 5.82 Å². The van der Waals surface area contributed by atoms with Gasteiger partial charge in [0.15, 0.2) is 0 Å². The van der Waals surface area contributed by atoms with Gasteiger partial charge < -0.3 is 5.73 Å². The van der Waals surface area contributed by atoms with E-state index in [1.165, 1.54) is 0 Å². The standard InChI is InChI=1S/C10H8IN3/c11-9-5-8(6-14-10(9)12)7-1-3-13-4-2-7/h1-6H,(H2,12,14). The Morgan fingerprint density at radius 2 is 1.86 bits per heavy atom. The minimum atomic E-state index is 0.573. The predicted molar refractivity (Wildman–Crippen MR) is 64.6 cm³/mol. The van der Waals surface area contributed by atoms with Crippen molar-refractivity contribution in [1.82, 2.24) is 9.97 Å². The van der Waals surface area contributed by atoms with Crippen LogP contribution in [0.15, 0.2) is 36.8 Å². The minimum absolute atomic E-state index is 0.573. The van der Waals surface area contributed by atoms with Crippen molar-refractivity contribution in [2.45, 2.75) is 0 Å². The number of pyridine rings is 2. The van der Waals surface area contributed by atoms with Gasteiger partial charge in [0.2, 0.25) is 0 Å². The summed E-state index contributed by atoms with van der Waals surface area (Å²) in [6.07, 6.45) is 5.30. The first kappa shape index (κ1) is 9.39. The molecular formula is C10H8IN3. The highest BCUT2D eigenvalue weighted by atomic mass is 127. The van der Waals surface area contributed by atoms with Gasteiger partial charge in [-0.25, -0.2) is 4.98 Å². The zero-order valence-electron chi connectivity index (χ0n) is 7.31. The topological polar surface area (TPSA) is 51.8 Å². The van der Waals surface area contributed by atoms with Gasteiger partial charge in [0, 0.05) is 24.2 Å². The Balaban J connectivity index is 2.48. The quantitative estimate of drug-likeness (QED) is 0.822. The number of rotatable bonds is 1. The van der Waals surface area contributed by atoms with Crippen molar-refractivity contribution in [1.29, 1.82) is 0 Å². The molecule has 2 aromatic rings. The molecule has 0 radical (unpaired) electrons. The van der Waals surface area contributed by atoms with Crippen LogP contribution in [0.5, 0.6) is 0 Å². The van der Waals surface area contributed by atoms with E-state index in [4.69, 9.17) is 5.73 Å². The summed E-state index contributed by atoms with van der Waals surface area (Å²) in [6, 6.07) is 5.91. The zero-order valence-corrected chi connectivity index (χ0v) is 9.47. The summed E-state index contributed by atoms with van der Waals surface area (Å²) in [4.78, 5) is 8.07. The van der Waals surface area contributed by atoms with Gasteiger partial charge in [-0.15, -0.1) is 0 Å². The summed E-state index contributed by atoms with van der Waals surface area (Å²) in [7, 11) is 0. The van der Waals surface area contributed by atoms with Gasteiger partial charge in [0.1, 0.15) is 5.82 Å². The number of aromatic nitrogens is 2. The maximum atomic E-state index is 5.64. The van der Waals surface area contributed by atoms with Crippen molar-refractivity contribution in [3.63, 3.8) is 0 Å². The molecule has 0 atom stereocenters. The van der Waals surface area contributed by atoms with Crippen molar-refractivity contribution >= 4 is 28.4 Å². The van der Waals surface area contributed by atoms with Crippen molar-refractivity contribution < 1.29 is 0 Å². The van der Waals surface area contributed by atoms with Crippen LogP contribution in [0.1, 0.15) is 0 Å². The van der Waals surface area contributed by atoms with Crippen LogP contribution in [-0.4, -0.2) is 9.97 Å². The Kier molecular flexibility index (Phi) is 2.62. The van der Waals surface area contributed by atoms with Gasteiger partial charge in [-0.3, -0.25) is 4.98 Å².